The molecule has 126 valence electrons. The monoisotopic (exact) mass is 335 g/mol. The second-order valence-corrected chi connectivity index (χ2v) is 6.23. The molecule has 1 amide bonds. The van der Waals surface area contributed by atoms with E-state index in [9.17, 15) is 4.79 Å². The summed E-state index contributed by atoms with van der Waals surface area (Å²) in [5.74, 6) is 0.0395. The highest BCUT2D eigenvalue weighted by Crippen LogP contribution is 2.23. The van der Waals surface area contributed by atoms with Gasteiger partial charge in [-0.05, 0) is 24.1 Å². The van der Waals surface area contributed by atoms with Crippen molar-refractivity contribution in [3.63, 3.8) is 0 Å². The van der Waals surface area contributed by atoms with Crippen molar-refractivity contribution in [3.05, 3.63) is 36.4 Å². The van der Waals surface area contributed by atoms with Gasteiger partial charge in [-0.25, -0.2) is 4.98 Å². The molecule has 2 aromatic heterocycles. The molecule has 0 saturated carbocycles. The number of nitrogens with one attached hydrogen (secondary N) is 2. The highest BCUT2D eigenvalue weighted by atomic mass is 16.2. The first-order chi connectivity index (χ1) is 12.1. The zero-order chi connectivity index (χ0) is 17.4. The Bertz CT molecular complexity index is 980. The van der Waals surface area contributed by atoms with Gasteiger partial charge in [0.2, 0.25) is 0 Å². The molecular weight excluding hydrogens is 318 g/mol. The first-order valence-corrected chi connectivity index (χ1v) is 8.07. The first-order valence-electron chi connectivity index (χ1n) is 8.07. The number of rotatable bonds is 3. The van der Waals surface area contributed by atoms with Gasteiger partial charge in [-0.2, -0.15) is 10.4 Å². The molecule has 8 nitrogen and oxygen atoms in total. The number of imidazole rings is 1. The third kappa shape index (κ3) is 2.92. The number of likely N-dealkylation sites (tertiary alicyclic amines) is 1. The van der Waals surface area contributed by atoms with Crippen molar-refractivity contribution in [2.45, 2.75) is 12.5 Å². The van der Waals surface area contributed by atoms with E-state index in [4.69, 9.17) is 5.26 Å². The van der Waals surface area contributed by atoms with Gasteiger partial charge >= 0.3 is 0 Å². The lowest BCUT2D eigenvalue weighted by Gasteiger charge is -2.10. The number of aromatic nitrogens is 4. The van der Waals surface area contributed by atoms with E-state index in [1.165, 1.54) is 0 Å². The molecule has 8 heteroatoms. The van der Waals surface area contributed by atoms with E-state index in [1.54, 1.807) is 15.8 Å². The van der Waals surface area contributed by atoms with Crippen molar-refractivity contribution < 1.29 is 4.79 Å². The van der Waals surface area contributed by atoms with E-state index in [-0.39, 0.29) is 17.8 Å². The number of carbonyl (C=O) groups excluding carboxylic acids is 1. The van der Waals surface area contributed by atoms with Crippen LogP contribution in [0, 0.1) is 11.5 Å². The van der Waals surface area contributed by atoms with Crippen LogP contribution < -0.4 is 5.32 Å². The van der Waals surface area contributed by atoms with Gasteiger partial charge in [0.25, 0.3) is 5.91 Å². The van der Waals surface area contributed by atoms with Crippen molar-refractivity contribution in [2.24, 2.45) is 7.05 Å². The lowest BCUT2D eigenvalue weighted by Crippen LogP contribution is -2.36. The minimum absolute atomic E-state index is 0.0219. The van der Waals surface area contributed by atoms with Crippen LogP contribution in [0.25, 0.3) is 22.2 Å². The second-order valence-electron chi connectivity index (χ2n) is 6.23. The Balaban J connectivity index is 1.55. The Morgan fingerprint density at radius 3 is 3.04 bits per heavy atom. The Morgan fingerprint density at radius 1 is 1.44 bits per heavy atom. The molecule has 3 aromatic rings. The molecule has 1 fully saturated rings. The first kappa shape index (κ1) is 15.2. The van der Waals surface area contributed by atoms with Crippen LogP contribution in [0.15, 0.2) is 30.6 Å². The molecular formula is C17H17N7O. The van der Waals surface area contributed by atoms with E-state index in [1.807, 2.05) is 31.4 Å². The van der Waals surface area contributed by atoms with E-state index < -0.39 is 0 Å². The molecule has 0 bridgehead atoms. The molecule has 0 spiro atoms. The predicted octanol–water partition coefficient (Wildman–Crippen LogP) is 1.25. The summed E-state index contributed by atoms with van der Waals surface area (Å²) in [6, 6.07) is 5.79. The van der Waals surface area contributed by atoms with Gasteiger partial charge < -0.3 is 15.2 Å². The standard InChI is InChI=1S/C17H17N7O/c1-23-8-12(7-19-23)11-2-3-14-15(6-11)22-16(21-14)17(25)20-13-4-5-24(9-13)10-18/h2-3,6-8,13H,4-5,9H2,1H3,(H,20,25)(H,21,22)/t13-/m1/s1. The number of benzene rings is 1. The summed E-state index contributed by atoms with van der Waals surface area (Å²) in [5, 5.41) is 16.0. The van der Waals surface area contributed by atoms with Crippen LogP contribution in [-0.2, 0) is 7.05 Å². The fourth-order valence-electron chi connectivity index (χ4n) is 3.09. The predicted molar refractivity (Wildman–Crippen MR) is 91.4 cm³/mol. The number of aryl methyl sites for hydroxylation is 1. The number of aromatic amines is 1. The van der Waals surface area contributed by atoms with Gasteiger partial charge in [0.1, 0.15) is 0 Å². The third-order valence-electron chi connectivity index (χ3n) is 4.40. The van der Waals surface area contributed by atoms with Crippen LogP contribution in [0.2, 0.25) is 0 Å². The number of nitrogens with zero attached hydrogens (tertiary/aromatic N) is 5. The molecule has 0 aliphatic carbocycles. The fourth-order valence-corrected chi connectivity index (χ4v) is 3.09. The minimum atomic E-state index is -0.246. The van der Waals surface area contributed by atoms with E-state index >= 15 is 0 Å². The van der Waals surface area contributed by atoms with Gasteiger partial charge in [-0.3, -0.25) is 9.48 Å². The molecule has 1 aromatic carbocycles. The highest BCUT2D eigenvalue weighted by molar-refractivity contribution is 5.95. The maximum absolute atomic E-state index is 12.4. The largest absolute Gasteiger partial charge is 0.345 e. The summed E-state index contributed by atoms with van der Waals surface area (Å²) in [4.78, 5) is 21.5. The average Bonchev–Trinajstić information content (AvgIpc) is 3.32. The van der Waals surface area contributed by atoms with Gasteiger partial charge in [-0.15, -0.1) is 0 Å². The van der Waals surface area contributed by atoms with Gasteiger partial charge in [0, 0.05) is 37.9 Å². The van der Waals surface area contributed by atoms with E-state index in [2.05, 4.69) is 26.6 Å². The number of carbonyl (C=O) groups is 1. The zero-order valence-electron chi connectivity index (χ0n) is 13.7. The number of hydrogen-bond acceptors (Lipinski definition) is 5. The smallest absolute Gasteiger partial charge is 0.287 e. The maximum Gasteiger partial charge on any atom is 0.287 e. The number of fused-ring (bicyclic) bond motifs is 1. The normalized spacial score (nSPS) is 17.0. The Morgan fingerprint density at radius 2 is 2.32 bits per heavy atom. The van der Waals surface area contributed by atoms with E-state index in [0.29, 0.717) is 13.1 Å². The lowest BCUT2D eigenvalue weighted by molar-refractivity contribution is 0.0929. The number of hydrogen-bond donors (Lipinski definition) is 2. The summed E-state index contributed by atoms with van der Waals surface area (Å²) in [5.41, 5.74) is 3.56. The molecule has 1 saturated heterocycles. The fraction of sp³-hybridized carbons (Fsp3) is 0.294. The maximum atomic E-state index is 12.4. The Labute approximate surface area is 144 Å². The highest BCUT2D eigenvalue weighted by Gasteiger charge is 2.24. The second kappa shape index (κ2) is 5.94. The van der Waals surface area contributed by atoms with Crippen LogP contribution >= 0.6 is 0 Å². The quantitative estimate of drug-likeness (QED) is 0.701. The summed E-state index contributed by atoms with van der Waals surface area (Å²) >= 11 is 0. The number of nitriles is 1. The van der Waals surface area contributed by atoms with E-state index in [0.717, 1.165) is 28.6 Å². The van der Waals surface area contributed by atoms with Crippen LogP contribution in [0.4, 0.5) is 0 Å². The Hall–Kier alpha value is -3.34. The number of amides is 1. The summed E-state index contributed by atoms with van der Waals surface area (Å²) in [6.45, 7) is 1.23. The minimum Gasteiger partial charge on any atom is -0.345 e. The summed E-state index contributed by atoms with van der Waals surface area (Å²) < 4.78 is 1.75. The molecule has 25 heavy (non-hydrogen) atoms. The van der Waals surface area contributed by atoms with Gasteiger partial charge in [-0.1, -0.05) is 6.07 Å². The topological polar surface area (TPSA) is 103 Å². The molecule has 1 aliphatic heterocycles. The molecule has 1 aliphatic rings. The van der Waals surface area contributed by atoms with Crippen LogP contribution in [0.5, 0.6) is 0 Å². The van der Waals surface area contributed by atoms with Gasteiger partial charge in [0.15, 0.2) is 12.0 Å². The van der Waals surface area contributed by atoms with Crippen molar-refractivity contribution in [2.75, 3.05) is 13.1 Å². The molecule has 0 unspecified atom stereocenters. The zero-order valence-corrected chi connectivity index (χ0v) is 13.7. The number of H-pyrrole nitrogens is 1. The van der Waals surface area contributed by atoms with Crippen LogP contribution in [-0.4, -0.2) is 49.7 Å². The van der Waals surface area contributed by atoms with Gasteiger partial charge in [0.05, 0.1) is 17.2 Å². The molecule has 3 heterocycles. The molecule has 2 N–H and O–H groups in total. The van der Waals surface area contributed by atoms with Crippen molar-refractivity contribution in [3.8, 4) is 17.3 Å². The third-order valence-corrected chi connectivity index (χ3v) is 4.40. The summed E-state index contributed by atoms with van der Waals surface area (Å²) in [6.07, 6.45) is 6.61. The Kier molecular flexibility index (Phi) is 3.61. The van der Waals surface area contributed by atoms with Crippen molar-refractivity contribution in [1.29, 1.82) is 5.26 Å². The van der Waals surface area contributed by atoms with Crippen LogP contribution in [0.3, 0.4) is 0 Å². The molecule has 0 radical (unpaired) electrons. The van der Waals surface area contributed by atoms with Crippen molar-refractivity contribution in [1.82, 2.24) is 30.0 Å². The molecule has 4 rings (SSSR count). The SMILES string of the molecule is Cn1cc(-c2ccc3nc(C(=O)N[C@@H]4CCN(C#N)C4)[nH]c3c2)cn1. The van der Waals surface area contributed by atoms with Crippen LogP contribution in [0.1, 0.15) is 17.0 Å². The lowest BCUT2D eigenvalue weighted by atomic mass is 10.1. The van der Waals surface area contributed by atoms with Crippen molar-refractivity contribution >= 4 is 16.9 Å². The molecule has 1 atom stereocenters. The summed E-state index contributed by atoms with van der Waals surface area (Å²) in [7, 11) is 1.87. The average molecular weight is 335 g/mol.